The molecular weight excluding hydrogens is 544 g/mol. The highest BCUT2D eigenvalue weighted by atomic mass is 16.5. The van der Waals surface area contributed by atoms with Crippen molar-refractivity contribution in [2.24, 2.45) is 0 Å². The van der Waals surface area contributed by atoms with Crippen LogP contribution in [0.3, 0.4) is 0 Å². The van der Waals surface area contributed by atoms with Gasteiger partial charge in [-0.1, -0.05) is 133 Å². The van der Waals surface area contributed by atoms with Crippen LogP contribution in [0.4, 0.5) is 0 Å². The fourth-order valence-corrected chi connectivity index (χ4v) is 5.96. The zero-order valence-corrected chi connectivity index (χ0v) is 24.7. The average Bonchev–Trinajstić information content (AvgIpc) is 3.09. The molecule has 0 atom stereocenters. The maximum atomic E-state index is 6.31. The summed E-state index contributed by atoms with van der Waals surface area (Å²) in [5.41, 5.74) is 4.74. The Balaban J connectivity index is 0.966. The number of fused-ring (bicyclic) bond motifs is 4. The quantitative estimate of drug-likeness (QED) is 0.180. The van der Waals surface area contributed by atoms with E-state index < -0.39 is 0 Å². The third-order valence-corrected chi connectivity index (χ3v) is 8.39. The van der Waals surface area contributed by atoms with E-state index in [0.717, 1.165) is 22.3 Å². The van der Waals surface area contributed by atoms with E-state index in [1.807, 2.05) is 12.1 Å². The summed E-state index contributed by atoms with van der Waals surface area (Å²) in [6.07, 6.45) is 8.70. The van der Waals surface area contributed by atoms with Crippen LogP contribution in [0.25, 0.3) is 67.4 Å². The van der Waals surface area contributed by atoms with Crippen molar-refractivity contribution in [3.05, 3.63) is 180 Å². The van der Waals surface area contributed by atoms with Crippen molar-refractivity contribution in [1.29, 1.82) is 0 Å². The molecule has 212 valence electrons. The fourth-order valence-electron chi connectivity index (χ4n) is 5.96. The summed E-state index contributed by atoms with van der Waals surface area (Å²) < 4.78 is 6.31. The molecule has 0 saturated heterocycles. The van der Waals surface area contributed by atoms with Crippen LogP contribution in [0, 0.1) is 0 Å². The molecule has 0 amide bonds. The molecule has 0 fully saturated rings. The Hall–Kier alpha value is -5.92. The summed E-state index contributed by atoms with van der Waals surface area (Å²) >= 11 is 0. The van der Waals surface area contributed by atoms with Gasteiger partial charge in [-0.2, -0.15) is 0 Å². The van der Waals surface area contributed by atoms with Gasteiger partial charge in [-0.15, -0.1) is 0 Å². The highest BCUT2D eigenvalue weighted by Crippen LogP contribution is 2.30. The van der Waals surface area contributed by atoms with Gasteiger partial charge in [0.25, 0.3) is 0 Å². The van der Waals surface area contributed by atoms with Crippen LogP contribution >= 0.6 is 0 Å². The van der Waals surface area contributed by atoms with Gasteiger partial charge in [0.2, 0.25) is 0 Å². The van der Waals surface area contributed by atoms with Gasteiger partial charge in [-0.05, 0) is 114 Å². The molecule has 0 aliphatic rings. The van der Waals surface area contributed by atoms with E-state index in [9.17, 15) is 0 Å². The average molecular weight is 575 g/mol. The lowest BCUT2D eigenvalue weighted by molar-refractivity contribution is 0.484. The number of ether oxygens (including phenoxy) is 1. The minimum atomic E-state index is 0.830. The van der Waals surface area contributed by atoms with Gasteiger partial charge in [0.1, 0.15) is 11.5 Å². The lowest BCUT2D eigenvalue weighted by atomic mass is 10.0. The first-order valence-corrected chi connectivity index (χ1v) is 15.3. The van der Waals surface area contributed by atoms with Crippen LogP contribution < -0.4 is 4.74 Å². The van der Waals surface area contributed by atoms with Gasteiger partial charge in [-0.3, -0.25) is 0 Å². The summed E-state index contributed by atoms with van der Waals surface area (Å²) in [7, 11) is 0. The van der Waals surface area contributed by atoms with E-state index in [2.05, 4.69) is 170 Å². The largest absolute Gasteiger partial charge is 0.457 e. The van der Waals surface area contributed by atoms with E-state index in [0.29, 0.717) is 0 Å². The predicted molar refractivity (Wildman–Crippen MR) is 194 cm³/mol. The molecule has 1 heteroatoms. The highest BCUT2D eigenvalue weighted by Gasteiger charge is 2.04. The maximum Gasteiger partial charge on any atom is 0.128 e. The smallest absolute Gasteiger partial charge is 0.128 e. The highest BCUT2D eigenvalue weighted by molar-refractivity contribution is 5.91. The molecule has 1 nitrogen and oxygen atoms in total. The molecular formula is C44H30O. The molecule has 0 spiro atoms. The molecule has 0 unspecified atom stereocenters. The van der Waals surface area contributed by atoms with Crippen molar-refractivity contribution in [2.45, 2.75) is 0 Å². The Morgan fingerprint density at radius 2 is 0.556 bits per heavy atom. The summed E-state index contributed by atoms with van der Waals surface area (Å²) in [5.74, 6) is 1.66. The van der Waals surface area contributed by atoms with Crippen molar-refractivity contribution in [3.63, 3.8) is 0 Å². The Kier molecular flexibility index (Phi) is 6.90. The van der Waals surface area contributed by atoms with Gasteiger partial charge in [0.15, 0.2) is 0 Å². The van der Waals surface area contributed by atoms with Crippen molar-refractivity contribution >= 4 is 67.4 Å². The van der Waals surface area contributed by atoms with E-state index >= 15 is 0 Å². The second kappa shape index (κ2) is 11.6. The standard InChI is InChI=1S/C44H30O/c1-3-7-37-25-31(13-17-35(37)5-1)9-11-33-15-19-41-29-43(23-21-39(41)27-33)45-44-24-22-40-28-34(16-20-42(40)30-44)12-10-32-14-18-36-6-2-4-8-38(36)26-32/h1-30H/b11-9+,12-10+. The predicted octanol–water partition coefficient (Wildman–Crippen LogP) is 12.4. The molecule has 8 aromatic carbocycles. The monoisotopic (exact) mass is 574 g/mol. The Labute approximate surface area is 263 Å². The van der Waals surface area contributed by atoms with Gasteiger partial charge in [0, 0.05) is 0 Å². The van der Waals surface area contributed by atoms with Gasteiger partial charge < -0.3 is 4.74 Å². The molecule has 8 rings (SSSR count). The second-order valence-electron chi connectivity index (χ2n) is 11.5. The molecule has 0 aromatic heterocycles. The van der Waals surface area contributed by atoms with Crippen molar-refractivity contribution in [3.8, 4) is 11.5 Å². The number of rotatable bonds is 6. The second-order valence-corrected chi connectivity index (χ2v) is 11.5. The van der Waals surface area contributed by atoms with Gasteiger partial charge in [-0.25, -0.2) is 0 Å². The van der Waals surface area contributed by atoms with Gasteiger partial charge in [0.05, 0.1) is 0 Å². The Morgan fingerprint density at radius 3 is 0.956 bits per heavy atom. The SMILES string of the molecule is C(=C\c1ccc2cc(Oc3ccc4cc(/C=C/c5ccc6ccccc6c5)ccc4c3)ccc2c1)/c1ccc2ccccc2c1. The summed E-state index contributed by atoms with van der Waals surface area (Å²) in [5, 5.41) is 9.71. The molecule has 8 aromatic rings. The number of hydrogen-bond donors (Lipinski definition) is 0. The number of benzene rings is 8. The van der Waals surface area contributed by atoms with Crippen LogP contribution in [0.1, 0.15) is 22.3 Å². The first-order valence-electron chi connectivity index (χ1n) is 15.3. The first kappa shape index (κ1) is 26.7. The van der Waals surface area contributed by atoms with Crippen molar-refractivity contribution < 1.29 is 4.74 Å². The van der Waals surface area contributed by atoms with Crippen LogP contribution in [-0.4, -0.2) is 0 Å². The summed E-state index contributed by atoms with van der Waals surface area (Å²) in [6, 6.07) is 55.7. The van der Waals surface area contributed by atoms with Crippen molar-refractivity contribution in [1.82, 2.24) is 0 Å². The molecule has 0 radical (unpaired) electrons. The summed E-state index contributed by atoms with van der Waals surface area (Å²) in [4.78, 5) is 0. The summed E-state index contributed by atoms with van der Waals surface area (Å²) in [6.45, 7) is 0. The molecule has 0 saturated carbocycles. The van der Waals surface area contributed by atoms with E-state index in [1.54, 1.807) is 0 Å². The maximum absolute atomic E-state index is 6.31. The third kappa shape index (κ3) is 5.85. The van der Waals surface area contributed by atoms with Crippen LogP contribution in [0.5, 0.6) is 11.5 Å². The molecule has 0 bridgehead atoms. The van der Waals surface area contributed by atoms with E-state index in [-0.39, 0.29) is 0 Å². The van der Waals surface area contributed by atoms with Crippen LogP contribution in [-0.2, 0) is 0 Å². The Bertz CT molecular complexity index is 2240. The van der Waals surface area contributed by atoms with Crippen LogP contribution in [0.2, 0.25) is 0 Å². The van der Waals surface area contributed by atoms with Crippen molar-refractivity contribution in [2.75, 3.05) is 0 Å². The lowest BCUT2D eigenvalue weighted by Gasteiger charge is -2.09. The third-order valence-electron chi connectivity index (χ3n) is 8.39. The molecule has 0 heterocycles. The zero-order chi connectivity index (χ0) is 30.0. The zero-order valence-electron chi connectivity index (χ0n) is 24.7. The van der Waals surface area contributed by atoms with E-state index in [4.69, 9.17) is 4.74 Å². The van der Waals surface area contributed by atoms with Gasteiger partial charge >= 0.3 is 0 Å². The molecule has 0 aliphatic heterocycles. The minimum absolute atomic E-state index is 0.830. The minimum Gasteiger partial charge on any atom is -0.457 e. The molecule has 45 heavy (non-hydrogen) atoms. The molecule has 0 aliphatic carbocycles. The number of hydrogen-bond acceptors (Lipinski definition) is 1. The fraction of sp³-hybridized carbons (Fsp3) is 0. The lowest BCUT2D eigenvalue weighted by Crippen LogP contribution is -1.86. The van der Waals surface area contributed by atoms with Crippen LogP contribution in [0.15, 0.2) is 158 Å². The first-order chi connectivity index (χ1) is 22.2. The normalized spacial score (nSPS) is 11.8. The topological polar surface area (TPSA) is 9.23 Å². The Morgan fingerprint density at radius 1 is 0.267 bits per heavy atom. The molecule has 0 N–H and O–H groups in total. The van der Waals surface area contributed by atoms with E-state index in [1.165, 1.54) is 54.6 Å².